The van der Waals surface area contributed by atoms with Crippen molar-refractivity contribution in [2.75, 3.05) is 31.1 Å². The van der Waals surface area contributed by atoms with Gasteiger partial charge in [-0.2, -0.15) is 0 Å². The molecule has 3 N–H and O–H groups in total. The van der Waals surface area contributed by atoms with E-state index in [4.69, 9.17) is 19.9 Å². The zero-order valence-electron chi connectivity index (χ0n) is 11.2. The van der Waals surface area contributed by atoms with Crippen LogP contribution in [0.4, 0.5) is 11.4 Å². The molecule has 2 heterocycles. The first-order valence-corrected chi connectivity index (χ1v) is 6.79. The molecule has 0 atom stereocenters. The van der Waals surface area contributed by atoms with Crippen molar-refractivity contribution in [2.24, 2.45) is 5.92 Å². The van der Waals surface area contributed by atoms with Gasteiger partial charge in [0.25, 0.3) is 0 Å². The predicted octanol–water partition coefficient (Wildman–Crippen LogP) is 1.75. The van der Waals surface area contributed by atoms with Gasteiger partial charge < -0.3 is 25.3 Å². The lowest BCUT2D eigenvalue weighted by molar-refractivity contribution is -0.117. The summed E-state index contributed by atoms with van der Waals surface area (Å²) < 4.78 is 15.8. The van der Waals surface area contributed by atoms with Gasteiger partial charge in [0.2, 0.25) is 12.7 Å². The number of anilines is 2. The number of hydrogen-bond acceptors (Lipinski definition) is 5. The number of benzene rings is 1. The van der Waals surface area contributed by atoms with E-state index >= 15 is 0 Å². The fraction of sp³-hybridized carbons (Fsp3) is 0.500. The average Bonchev–Trinajstić information content (AvgIpc) is 2.87. The summed E-state index contributed by atoms with van der Waals surface area (Å²) >= 11 is 0. The third-order valence-electron chi connectivity index (χ3n) is 3.63. The van der Waals surface area contributed by atoms with E-state index in [1.54, 1.807) is 12.1 Å². The number of nitrogens with one attached hydrogen (secondary N) is 1. The van der Waals surface area contributed by atoms with Crippen LogP contribution in [-0.4, -0.2) is 25.9 Å². The smallest absolute Gasteiger partial charge is 0.231 e. The van der Waals surface area contributed by atoms with Crippen LogP contribution in [0.1, 0.15) is 19.3 Å². The molecule has 1 amide bonds. The van der Waals surface area contributed by atoms with Gasteiger partial charge >= 0.3 is 0 Å². The van der Waals surface area contributed by atoms with E-state index in [2.05, 4.69) is 5.32 Å². The van der Waals surface area contributed by atoms with Gasteiger partial charge in [-0.1, -0.05) is 0 Å². The van der Waals surface area contributed by atoms with Crippen LogP contribution in [0, 0.1) is 5.92 Å². The SMILES string of the molecule is Nc1cc2c(cc1NC(=O)CC1CCOCC1)OCO2. The topological polar surface area (TPSA) is 82.8 Å². The van der Waals surface area contributed by atoms with Crippen LogP contribution in [0.2, 0.25) is 0 Å². The molecule has 1 saturated heterocycles. The Balaban J connectivity index is 1.63. The van der Waals surface area contributed by atoms with E-state index in [0.29, 0.717) is 35.2 Å². The molecule has 108 valence electrons. The van der Waals surface area contributed by atoms with Crippen LogP contribution < -0.4 is 20.5 Å². The summed E-state index contributed by atoms with van der Waals surface area (Å²) in [4.78, 5) is 12.1. The molecule has 20 heavy (non-hydrogen) atoms. The second kappa shape index (κ2) is 5.58. The minimum absolute atomic E-state index is 0.0255. The lowest BCUT2D eigenvalue weighted by Crippen LogP contribution is -2.22. The van der Waals surface area contributed by atoms with E-state index in [9.17, 15) is 4.79 Å². The molecular formula is C14H18N2O4. The predicted molar refractivity (Wildman–Crippen MR) is 73.8 cm³/mol. The maximum Gasteiger partial charge on any atom is 0.231 e. The normalized spacial score (nSPS) is 18.0. The van der Waals surface area contributed by atoms with Crippen LogP contribution in [0.3, 0.4) is 0 Å². The summed E-state index contributed by atoms with van der Waals surface area (Å²) in [6.45, 7) is 1.67. The Morgan fingerprint density at radius 1 is 1.25 bits per heavy atom. The number of amides is 1. The number of nitrogens with two attached hydrogens (primary N) is 1. The van der Waals surface area contributed by atoms with Gasteiger partial charge in [-0.15, -0.1) is 0 Å². The van der Waals surface area contributed by atoms with Gasteiger partial charge in [-0.3, -0.25) is 4.79 Å². The first-order valence-electron chi connectivity index (χ1n) is 6.79. The lowest BCUT2D eigenvalue weighted by atomic mass is 9.96. The maximum absolute atomic E-state index is 12.1. The van der Waals surface area contributed by atoms with Crippen molar-refractivity contribution in [1.82, 2.24) is 0 Å². The van der Waals surface area contributed by atoms with Gasteiger partial charge in [0.05, 0.1) is 11.4 Å². The zero-order chi connectivity index (χ0) is 13.9. The van der Waals surface area contributed by atoms with Gasteiger partial charge in [0, 0.05) is 31.8 Å². The number of ether oxygens (including phenoxy) is 3. The van der Waals surface area contributed by atoms with Gasteiger partial charge in [0.1, 0.15) is 0 Å². The summed E-state index contributed by atoms with van der Waals surface area (Å²) in [5.41, 5.74) is 6.96. The van der Waals surface area contributed by atoms with Gasteiger partial charge in [0.15, 0.2) is 11.5 Å². The van der Waals surface area contributed by atoms with Gasteiger partial charge in [-0.25, -0.2) is 0 Å². The molecule has 0 aromatic heterocycles. The number of fused-ring (bicyclic) bond motifs is 1. The molecule has 1 fully saturated rings. The molecule has 2 aliphatic rings. The molecule has 6 nitrogen and oxygen atoms in total. The van der Waals surface area contributed by atoms with Crippen molar-refractivity contribution in [2.45, 2.75) is 19.3 Å². The van der Waals surface area contributed by atoms with Crippen molar-refractivity contribution in [1.29, 1.82) is 0 Å². The monoisotopic (exact) mass is 278 g/mol. The van der Waals surface area contributed by atoms with E-state index in [0.717, 1.165) is 26.1 Å². The molecule has 0 saturated carbocycles. The molecular weight excluding hydrogens is 260 g/mol. The standard InChI is InChI=1S/C14H18N2O4/c15-10-6-12-13(20-8-19-12)7-11(10)16-14(17)5-9-1-3-18-4-2-9/h6-7,9H,1-5,8,15H2,(H,16,17). The van der Waals surface area contributed by atoms with Crippen LogP contribution >= 0.6 is 0 Å². The molecule has 6 heteroatoms. The molecule has 3 rings (SSSR count). The number of rotatable bonds is 3. The minimum atomic E-state index is -0.0255. The first kappa shape index (κ1) is 13.1. The number of carbonyl (C=O) groups is 1. The summed E-state index contributed by atoms with van der Waals surface area (Å²) in [5, 5.41) is 2.85. The largest absolute Gasteiger partial charge is 0.454 e. The average molecular weight is 278 g/mol. The summed E-state index contributed by atoms with van der Waals surface area (Å²) in [7, 11) is 0. The second-order valence-electron chi connectivity index (χ2n) is 5.10. The number of hydrogen-bond donors (Lipinski definition) is 2. The molecule has 0 bridgehead atoms. The molecule has 1 aromatic carbocycles. The fourth-order valence-electron chi connectivity index (χ4n) is 2.48. The molecule has 0 radical (unpaired) electrons. The van der Waals surface area contributed by atoms with Crippen molar-refractivity contribution < 1.29 is 19.0 Å². The Hall–Kier alpha value is -1.95. The van der Waals surface area contributed by atoms with Crippen LogP contribution in [-0.2, 0) is 9.53 Å². The Morgan fingerprint density at radius 2 is 1.95 bits per heavy atom. The Bertz CT molecular complexity index is 512. The second-order valence-corrected chi connectivity index (χ2v) is 5.10. The Labute approximate surface area is 117 Å². The van der Waals surface area contributed by atoms with E-state index in [1.807, 2.05) is 0 Å². The molecule has 2 aliphatic heterocycles. The first-order chi connectivity index (χ1) is 9.72. The highest BCUT2D eigenvalue weighted by molar-refractivity contribution is 5.94. The molecule has 0 aliphatic carbocycles. The summed E-state index contributed by atoms with van der Waals surface area (Å²) in [6, 6.07) is 3.38. The van der Waals surface area contributed by atoms with Crippen LogP contribution in [0.15, 0.2) is 12.1 Å². The van der Waals surface area contributed by atoms with Crippen molar-refractivity contribution in [3.8, 4) is 11.5 Å². The van der Waals surface area contributed by atoms with Crippen molar-refractivity contribution in [3.05, 3.63) is 12.1 Å². The maximum atomic E-state index is 12.1. The fourth-order valence-corrected chi connectivity index (χ4v) is 2.48. The van der Waals surface area contributed by atoms with Gasteiger partial charge in [-0.05, 0) is 18.8 Å². The molecule has 0 unspecified atom stereocenters. The summed E-state index contributed by atoms with van der Waals surface area (Å²) in [6.07, 6.45) is 2.37. The minimum Gasteiger partial charge on any atom is -0.454 e. The Morgan fingerprint density at radius 3 is 2.70 bits per heavy atom. The Kier molecular flexibility index (Phi) is 3.64. The highest BCUT2D eigenvalue weighted by Gasteiger charge is 2.20. The highest BCUT2D eigenvalue weighted by atomic mass is 16.7. The summed E-state index contributed by atoms with van der Waals surface area (Å²) in [5.74, 6) is 1.59. The van der Waals surface area contributed by atoms with E-state index in [1.165, 1.54) is 0 Å². The molecule has 0 spiro atoms. The van der Waals surface area contributed by atoms with E-state index in [-0.39, 0.29) is 12.7 Å². The van der Waals surface area contributed by atoms with Crippen molar-refractivity contribution >= 4 is 17.3 Å². The van der Waals surface area contributed by atoms with E-state index < -0.39 is 0 Å². The quantitative estimate of drug-likeness (QED) is 0.823. The third kappa shape index (κ3) is 2.80. The zero-order valence-corrected chi connectivity index (χ0v) is 11.2. The highest BCUT2D eigenvalue weighted by Crippen LogP contribution is 2.38. The third-order valence-corrected chi connectivity index (χ3v) is 3.63. The van der Waals surface area contributed by atoms with Crippen molar-refractivity contribution in [3.63, 3.8) is 0 Å². The van der Waals surface area contributed by atoms with Crippen LogP contribution in [0.25, 0.3) is 0 Å². The number of carbonyl (C=O) groups excluding carboxylic acids is 1. The molecule has 1 aromatic rings. The number of nitrogen functional groups attached to an aromatic ring is 1. The lowest BCUT2D eigenvalue weighted by Gasteiger charge is -2.21. The van der Waals surface area contributed by atoms with Crippen LogP contribution in [0.5, 0.6) is 11.5 Å².